The van der Waals surface area contributed by atoms with Crippen LogP contribution in [0, 0.1) is 10.5 Å². The summed E-state index contributed by atoms with van der Waals surface area (Å²) in [6.07, 6.45) is 0. The highest BCUT2D eigenvalue weighted by molar-refractivity contribution is 14.1. The number of hydrogen-bond donors (Lipinski definition) is 2. The molecule has 126 valence electrons. The van der Waals surface area contributed by atoms with Gasteiger partial charge in [-0.3, -0.25) is 4.79 Å². The van der Waals surface area contributed by atoms with Gasteiger partial charge >= 0.3 is 0 Å². The highest BCUT2D eigenvalue weighted by Gasteiger charge is 2.03. The van der Waals surface area contributed by atoms with Gasteiger partial charge in [0.2, 0.25) is 0 Å². The van der Waals surface area contributed by atoms with Crippen LogP contribution in [0.4, 0.5) is 5.69 Å². The zero-order chi connectivity index (χ0) is 17.5. The van der Waals surface area contributed by atoms with Gasteiger partial charge in [0, 0.05) is 9.26 Å². The molecule has 0 radical (unpaired) electrons. The lowest BCUT2D eigenvalue weighted by Gasteiger charge is -2.08. The first kappa shape index (κ1) is 18.3. The standard InChI is InChI=1S/C18H20IN3O2/c1-12-10-15(6-9-17(12)19)20-11-18(23)22-21-13(2)14-4-7-16(24-3)8-5-14/h4-10,20H,11H2,1-3H3,(H,22,23). The van der Waals surface area contributed by atoms with Crippen LogP contribution in [0.1, 0.15) is 18.1 Å². The maximum absolute atomic E-state index is 11.9. The number of ether oxygens (including phenoxy) is 1. The van der Waals surface area contributed by atoms with Gasteiger partial charge in [-0.05, 0) is 90.0 Å². The number of hydrogen-bond acceptors (Lipinski definition) is 4. The van der Waals surface area contributed by atoms with Crippen molar-refractivity contribution in [1.82, 2.24) is 5.43 Å². The molecule has 0 aliphatic carbocycles. The second kappa shape index (κ2) is 8.68. The van der Waals surface area contributed by atoms with Crippen molar-refractivity contribution in [3.8, 4) is 5.75 Å². The number of hydrazone groups is 1. The predicted molar refractivity (Wildman–Crippen MR) is 106 cm³/mol. The lowest BCUT2D eigenvalue weighted by atomic mass is 10.1. The molecule has 0 saturated carbocycles. The molecule has 5 nitrogen and oxygen atoms in total. The van der Waals surface area contributed by atoms with Crippen molar-refractivity contribution < 1.29 is 9.53 Å². The Morgan fingerprint density at radius 3 is 2.54 bits per heavy atom. The molecule has 6 heteroatoms. The topological polar surface area (TPSA) is 62.7 Å². The van der Waals surface area contributed by atoms with E-state index in [9.17, 15) is 4.79 Å². The molecule has 0 aliphatic heterocycles. The smallest absolute Gasteiger partial charge is 0.259 e. The number of aryl methyl sites for hydroxylation is 1. The van der Waals surface area contributed by atoms with Crippen LogP contribution in [0.15, 0.2) is 47.6 Å². The number of halogens is 1. The zero-order valence-corrected chi connectivity index (χ0v) is 16.0. The Morgan fingerprint density at radius 1 is 1.21 bits per heavy atom. The summed E-state index contributed by atoms with van der Waals surface area (Å²) in [7, 11) is 1.62. The van der Waals surface area contributed by atoms with Gasteiger partial charge < -0.3 is 10.1 Å². The molecule has 2 N–H and O–H groups in total. The van der Waals surface area contributed by atoms with Crippen LogP contribution in [0.2, 0.25) is 0 Å². The number of rotatable bonds is 6. The van der Waals surface area contributed by atoms with E-state index >= 15 is 0 Å². The van der Waals surface area contributed by atoms with Gasteiger partial charge in [0.15, 0.2) is 0 Å². The number of nitrogens with zero attached hydrogens (tertiary/aromatic N) is 1. The van der Waals surface area contributed by atoms with Gasteiger partial charge in [-0.2, -0.15) is 5.10 Å². The number of methoxy groups -OCH3 is 1. The monoisotopic (exact) mass is 437 g/mol. The average Bonchev–Trinajstić information content (AvgIpc) is 2.60. The van der Waals surface area contributed by atoms with Crippen LogP contribution in [0.5, 0.6) is 5.75 Å². The molecule has 1 amide bonds. The van der Waals surface area contributed by atoms with E-state index in [1.54, 1.807) is 7.11 Å². The molecule has 0 saturated heterocycles. The summed E-state index contributed by atoms with van der Waals surface area (Å²) in [5, 5.41) is 7.22. The lowest BCUT2D eigenvalue weighted by molar-refractivity contribution is -0.119. The zero-order valence-electron chi connectivity index (χ0n) is 13.9. The van der Waals surface area contributed by atoms with E-state index in [1.807, 2.05) is 56.3 Å². The van der Waals surface area contributed by atoms with E-state index in [0.717, 1.165) is 22.7 Å². The van der Waals surface area contributed by atoms with Gasteiger partial charge in [-0.1, -0.05) is 0 Å². The van der Waals surface area contributed by atoms with Crippen molar-refractivity contribution in [3.05, 3.63) is 57.2 Å². The quantitative estimate of drug-likeness (QED) is 0.413. The highest BCUT2D eigenvalue weighted by atomic mass is 127. The minimum Gasteiger partial charge on any atom is -0.497 e. The molecule has 24 heavy (non-hydrogen) atoms. The number of carbonyl (C=O) groups excluding carboxylic acids is 1. The summed E-state index contributed by atoms with van der Waals surface area (Å²) in [5.74, 6) is 0.590. The minimum absolute atomic E-state index is 0.166. The number of carbonyl (C=O) groups is 1. The first-order chi connectivity index (χ1) is 11.5. The molecule has 2 aromatic carbocycles. The minimum atomic E-state index is -0.195. The van der Waals surface area contributed by atoms with Crippen LogP contribution in [-0.4, -0.2) is 25.3 Å². The fourth-order valence-corrected chi connectivity index (χ4v) is 2.35. The van der Waals surface area contributed by atoms with Crippen LogP contribution < -0.4 is 15.5 Å². The second-order valence-electron chi connectivity index (χ2n) is 5.28. The maximum Gasteiger partial charge on any atom is 0.259 e. The van der Waals surface area contributed by atoms with Crippen molar-refractivity contribution in [2.24, 2.45) is 5.10 Å². The third kappa shape index (κ3) is 5.23. The van der Waals surface area contributed by atoms with E-state index in [-0.39, 0.29) is 12.5 Å². The van der Waals surface area contributed by atoms with Gasteiger partial charge in [-0.25, -0.2) is 5.43 Å². The van der Waals surface area contributed by atoms with Crippen molar-refractivity contribution >= 4 is 39.9 Å². The number of anilines is 1. The van der Waals surface area contributed by atoms with Crippen LogP contribution in [0.25, 0.3) is 0 Å². The highest BCUT2D eigenvalue weighted by Crippen LogP contribution is 2.16. The molecule has 0 aliphatic rings. The molecule has 2 aromatic rings. The van der Waals surface area contributed by atoms with E-state index in [2.05, 4.69) is 38.4 Å². The summed E-state index contributed by atoms with van der Waals surface area (Å²) >= 11 is 2.28. The first-order valence-corrected chi connectivity index (χ1v) is 8.55. The molecular weight excluding hydrogens is 417 g/mol. The van der Waals surface area contributed by atoms with E-state index in [1.165, 1.54) is 9.13 Å². The summed E-state index contributed by atoms with van der Waals surface area (Å²) in [6, 6.07) is 13.5. The Balaban J connectivity index is 1.87. The third-order valence-corrected chi connectivity index (χ3v) is 4.68. The summed E-state index contributed by atoms with van der Waals surface area (Å²) in [4.78, 5) is 11.9. The van der Waals surface area contributed by atoms with Crippen molar-refractivity contribution in [2.45, 2.75) is 13.8 Å². The molecule has 0 atom stereocenters. The van der Waals surface area contributed by atoms with Crippen molar-refractivity contribution in [3.63, 3.8) is 0 Å². The molecule has 2 rings (SSSR count). The second-order valence-corrected chi connectivity index (χ2v) is 6.44. The molecule has 0 spiro atoms. The molecule has 0 bridgehead atoms. The summed E-state index contributed by atoms with van der Waals surface area (Å²) in [6.45, 7) is 4.05. The summed E-state index contributed by atoms with van der Waals surface area (Å²) < 4.78 is 6.32. The van der Waals surface area contributed by atoms with Gasteiger partial charge in [-0.15, -0.1) is 0 Å². The Hall–Kier alpha value is -2.09. The Labute approximate surface area is 155 Å². The maximum atomic E-state index is 11.9. The first-order valence-electron chi connectivity index (χ1n) is 7.47. The predicted octanol–water partition coefficient (Wildman–Crippen LogP) is 3.56. The number of benzene rings is 2. The van der Waals surface area contributed by atoms with Crippen LogP contribution in [-0.2, 0) is 4.79 Å². The fraction of sp³-hybridized carbons (Fsp3) is 0.222. The fourth-order valence-electron chi connectivity index (χ4n) is 2.02. The van der Waals surface area contributed by atoms with E-state index in [0.29, 0.717) is 0 Å². The van der Waals surface area contributed by atoms with Gasteiger partial charge in [0.25, 0.3) is 5.91 Å². The molecule has 0 aromatic heterocycles. The average molecular weight is 437 g/mol. The Bertz CT molecular complexity index is 742. The van der Waals surface area contributed by atoms with Gasteiger partial charge in [0.1, 0.15) is 5.75 Å². The molecule has 0 heterocycles. The third-order valence-electron chi connectivity index (χ3n) is 3.47. The normalized spacial score (nSPS) is 11.1. The lowest BCUT2D eigenvalue weighted by Crippen LogP contribution is -2.26. The SMILES string of the molecule is COc1ccc(C(C)=NNC(=O)CNc2ccc(I)c(C)c2)cc1. The molecule has 0 unspecified atom stereocenters. The van der Waals surface area contributed by atoms with Crippen LogP contribution >= 0.6 is 22.6 Å². The number of amides is 1. The molecular formula is C18H20IN3O2. The van der Waals surface area contributed by atoms with E-state index in [4.69, 9.17) is 4.74 Å². The van der Waals surface area contributed by atoms with Crippen molar-refractivity contribution in [1.29, 1.82) is 0 Å². The van der Waals surface area contributed by atoms with Gasteiger partial charge in [0.05, 0.1) is 19.4 Å². The molecule has 0 fully saturated rings. The number of nitrogens with one attached hydrogen (secondary N) is 2. The Kier molecular flexibility index (Phi) is 6.60. The summed E-state index contributed by atoms with van der Waals surface area (Å²) in [5.41, 5.74) is 6.31. The van der Waals surface area contributed by atoms with Crippen LogP contribution in [0.3, 0.4) is 0 Å². The Morgan fingerprint density at radius 2 is 1.92 bits per heavy atom. The largest absolute Gasteiger partial charge is 0.497 e. The van der Waals surface area contributed by atoms with E-state index < -0.39 is 0 Å². The van der Waals surface area contributed by atoms with Crippen molar-refractivity contribution in [2.75, 3.05) is 19.0 Å².